The lowest BCUT2D eigenvalue weighted by molar-refractivity contribution is -0.115. The van der Waals surface area contributed by atoms with E-state index in [9.17, 15) is 4.79 Å². The minimum Gasteiger partial charge on any atom is -0.356 e. The van der Waals surface area contributed by atoms with Crippen molar-refractivity contribution in [3.05, 3.63) is 24.5 Å². The molecule has 0 spiro atoms. The molecular formula is C18H29N5O. The third kappa shape index (κ3) is 6.56. The van der Waals surface area contributed by atoms with Gasteiger partial charge in [0.25, 0.3) is 0 Å². The normalized spacial score (nSPS) is 21.2. The van der Waals surface area contributed by atoms with Crippen molar-refractivity contribution in [2.45, 2.75) is 39.0 Å². The third-order valence-electron chi connectivity index (χ3n) is 4.48. The average Bonchev–Trinajstić information content (AvgIpc) is 2.59. The maximum atomic E-state index is 11.9. The summed E-state index contributed by atoms with van der Waals surface area (Å²) in [6, 6.07) is 3.60. The first kappa shape index (κ1) is 18.2. The average molecular weight is 331 g/mol. The fourth-order valence-electron chi connectivity index (χ4n) is 3.24. The van der Waals surface area contributed by atoms with Gasteiger partial charge >= 0.3 is 0 Å². The molecule has 0 radical (unpaired) electrons. The van der Waals surface area contributed by atoms with Crippen LogP contribution in [0.15, 0.2) is 29.5 Å². The Labute approximate surface area is 144 Å². The number of carbonyl (C=O) groups is 1. The smallest absolute Gasteiger partial charge is 0.243 e. The monoisotopic (exact) mass is 331 g/mol. The topological polar surface area (TPSA) is 78.4 Å². The number of aliphatic imine (C=N–C) groups is 1. The van der Waals surface area contributed by atoms with E-state index < -0.39 is 0 Å². The zero-order valence-electron chi connectivity index (χ0n) is 14.7. The molecule has 1 heterocycles. The zero-order valence-corrected chi connectivity index (χ0v) is 14.7. The largest absolute Gasteiger partial charge is 0.356 e. The first-order valence-corrected chi connectivity index (χ1v) is 8.81. The number of anilines is 1. The molecule has 24 heavy (non-hydrogen) atoms. The van der Waals surface area contributed by atoms with Crippen molar-refractivity contribution in [1.82, 2.24) is 15.6 Å². The van der Waals surface area contributed by atoms with E-state index in [4.69, 9.17) is 0 Å². The van der Waals surface area contributed by atoms with E-state index in [1.54, 1.807) is 25.5 Å². The van der Waals surface area contributed by atoms with Gasteiger partial charge in [-0.3, -0.25) is 14.8 Å². The van der Waals surface area contributed by atoms with Crippen LogP contribution in [0.25, 0.3) is 0 Å². The Hall–Kier alpha value is -2.11. The van der Waals surface area contributed by atoms with Crippen LogP contribution in [0, 0.1) is 11.8 Å². The Morgan fingerprint density at radius 1 is 1.38 bits per heavy atom. The molecule has 2 atom stereocenters. The number of nitrogens with zero attached hydrogens (tertiary/aromatic N) is 2. The van der Waals surface area contributed by atoms with Crippen LogP contribution in [-0.2, 0) is 4.79 Å². The van der Waals surface area contributed by atoms with Gasteiger partial charge in [0.2, 0.25) is 5.91 Å². The van der Waals surface area contributed by atoms with Crippen LogP contribution >= 0.6 is 0 Å². The minimum atomic E-state index is -0.118. The Bertz CT molecular complexity index is 531. The number of hydrogen-bond acceptors (Lipinski definition) is 3. The number of pyridine rings is 1. The van der Waals surface area contributed by atoms with Crippen molar-refractivity contribution in [1.29, 1.82) is 0 Å². The minimum absolute atomic E-state index is 0.118. The summed E-state index contributed by atoms with van der Waals surface area (Å²) < 4.78 is 0. The van der Waals surface area contributed by atoms with Crippen LogP contribution in [-0.4, -0.2) is 37.0 Å². The molecule has 0 bridgehead atoms. The summed E-state index contributed by atoms with van der Waals surface area (Å²) in [6.45, 7) is 3.41. The van der Waals surface area contributed by atoms with Crippen molar-refractivity contribution in [3.63, 3.8) is 0 Å². The van der Waals surface area contributed by atoms with Crippen molar-refractivity contribution >= 4 is 17.6 Å². The second-order valence-electron chi connectivity index (χ2n) is 6.57. The summed E-state index contributed by atoms with van der Waals surface area (Å²) in [5.41, 5.74) is 0.693. The molecule has 3 N–H and O–H groups in total. The van der Waals surface area contributed by atoms with Crippen LogP contribution in [0.5, 0.6) is 0 Å². The van der Waals surface area contributed by atoms with Crippen molar-refractivity contribution in [2.75, 3.05) is 25.5 Å². The highest BCUT2D eigenvalue weighted by molar-refractivity contribution is 5.94. The van der Waals surface area contributed by atoms with Gasteiger partial charge in [-0.25, -0.2) is 0 Å². The zero-order chi connectivity index (χ0) is 17.2. The summed E-state index contributed by atoms with van der Waals surface area (Å²) in [4.78, 5) is 20.0. The van der Waals surface area contributed by atoms with Crippen LogP contribution in [0.2, 0.25) is 0 Å². The molecule has 1 aromatic heterocycles. The van der Waals surface area contributed by atoms with Crippen molar-refractivity contribution < 1.29 is 4.79 Å². The molecule has 0 aliphatic heterocycles. The summed E-state index contributed by atoms with van der Waals surface area (Å²) in [5, 5.41) is 9.13. The van der Waals surface area contributed by atoms with E-state index in [0.717, 1.165) is 24.8 Å². The van der Waals surface area contributed by atoms with Crippen molar-refractivity contribution in [3.8, 4) is 0 Å². The molecule has 1 amide bonds. The Morgan fingerprint density at radius 3 is 2.96 bits per heavy atom. The molecular weight excluding hydrogens is 302 g/mol. The Morgan fingerprint density at radius 2 is 2.25 bits per heavy atom. The maximum Gasteiger partial charge on any atom is 0.243 e. The predicted octanol–water partition coefficient (Wildman–Crippen LogP) is 2.40. The number of guanidine groups is 1. The first-order chi connectivity index (χ1) is 11.7. The molecule has 1 aromatic rings. The summed E-state index contributed by atoms with van der Waals surface area (Å²) >= 11 is 0. The van der Waals surface area contributed by atoms with Crippen LogP contribution < -0.4 is 16.0 Å². The van der Waals surface area contributed by atoms with Crippen LogP contribution in [0.1, 0.15) is 39.0 Å². The number of aromatic nitrogens is 1. The van der Waals surface area contributed by atoms with Gasteiger partial charge in [0.15, 0.2) is 5.96 Å². The van der Waals surface area contributed by atoms with Gasteiger partial charge in [-0.15, -0.1) is 0 Å². The van der Waals surface area contributed by atoms with E-state index in [0.29, 0.717) is 11.6 Å². The van der Waals surface area contributed by atoms with E-state index in [1.807, 2.05) is 6.07 Å². The lowest BCUT2D eigenvalue weighted by Crippen LogP contribution is -2.42. The fourth-order valence-corrected chi connectivity index (χ4v) is 3.24. The van der Waals surface area contributed by atoms with Crippen molar-refractivity contribution in [2.24, 2.45) is 16.8 Å². The second kappa shape index (κ2) is 9.90. The van der Waals surface area contributed by atoms with Gasteiger partial charge in [0, 0.05) is 19.8 Å². The van der Waals surface area contributed by atoms with E-state index in [1.165, 1.54) is 25.7 Å². The molecule has 1 saturated carbocycles. The number of rotatable bonds is 6. The van der Waals surface area contributed by atoms with Gasteiger partial charge in [0.1, 0.15) is 0 Å². The fraction of sp³-hybridized carbons (Fsp3) is 0.611. The Balaban J connectivity index is 1.64. The van der Waals surface area contributed by atoms with E-state index >= 15 is 0 Å². The van der Waals surface area contributed by atoms with Gasteiger partial charge < -0.3 is 16.0 Å². The molecule has 1 aliphatic carbocycles. The number of amides is 1. The molecule has 6 nitrogen and oxygen atoms in total. The van der Waals surface area contributed by atoms with Gasteiger partial charge in [0.05, 0.1) is 18.4 Å². The molecule has 2 rings (SSSR count). The lowest BCUT2D eigenvalue weighted by Gasteiger charge is -2.26. The molecule has 1 aliphatic rings. The highest BCUT2D eigenvalue weighted by Gasteiger charge is 2.18. The summed E-state index contributed by atoms with van der Waals surface area (Å²) in [7, 11) is 1.72. The van der Waals surface area contributed by atoms with E-state index in [2.05, 4.69) is 32.9 Å². The maximum absolute atomic E-state index is 11.9. The molecule has 132 valence electrons. The molecule has 6 heteroatoms. The quantitative estimate of drug-likeness (QED) is 0.552. The molecule has 1 fully saturated rings. The highest BCUT2D eigenvalue weighted by Crippen LogP contribution is 2.30. The SMILES string of the molecule is CN=C(NCCC1CCCC(C)C1)NCC(=O)Nc1cccnc1. The van der Waals surface area contributed by atoms with Crippen LogP contribution in [0.4, 0.5) is 5.69 Å². The third-order valence-corrected chi connectivity index (χ3v) is 4.48. The number of hydrogen-bond donors (Lipinski definition) is 3. The number of carbonyl (C=O) groups excluding carboxylic acids is 1. The van der Waals surface area contributed by atoms with Gasteiger partial charge in [-0.1, -0.05) is 26.2 Å². The number of nitrogens with one attached hydrogen (secondary N) is 3. The predicted molar refractivity (Wildman–Crippen MR) is 98.0 cm³/mol. The second-order valence-corrected chi connectivity index (χ2v) is 6.57. The van der Waals surface area contributed by atoms with Crippen LogP contribution in [0.3, 0.4) is 0 Å². The van der Waals surface area contributed by atoms with Gasteiger partial charge in [-0.2, -0.15) is 0 Å². The standard InChI is InChI=1S/C18H29N5O/c1-14-5-3-6-15(11-14)8-10-21-18(19-2)22-13-17(24)23-16-7-4-9-20-12-16/h4,7,9,12,14-15H,3,5-6,8,10-11,13H2,1-2H3,(H,23,24)(H2,19,21,22). The molecule has 0 aromatic carbocycles. The highest BCUT2D eigenvalue weighted by atomic mass is 16.1. The summed E-state index contributed by atoms with van der Waals surface area (Å²) in [5.74, 6) is 2.22. The molecule has 2 unspecified atom stereocenters. The first-order valence-electron chi connectivity index (χ1n) is 8.81. The summed E-state index contributed by atoms with van der Waals surface area (Å²) in [6.07, 6.45) is 9.86. The molecule has 0 saturated heterocycles. The van der Waals surface area contributed by atoms with E-state index in [-0.39, 0.29) is 12.5 Å². The Kier molecular flexibility index (Phi) is 7.52. The lowest BCUT2D eigenvalue weighted by atomic mass is 9.81. The van der Waals surface area contributed by atoms with Gasteiger partial charge in [-0.05, 0) is 36.8 Å².